The van der Waals surface area contributed by atoms with Gasteiger partial charge in [-0.3, -0.25) is 0 Å². The Morgan fingerprint density at radius 3 is 0.993 bits per heavy atom. The first-order valence-corrected chi connectivity index (χ1v) is 50.7. The maximum Gasteiger partial charge on any atom is 0.160 e. The molecule has 1 aliphatic rings. The highest BCUT2D eigenvalue weighted by Gasteiger charge is 2.37. The summed E-state index contributed by atoms with van der Waals surface area (Å²) in [6, 6.07) is 173. The molecule has 10 aromatic heterocycles. The Morgan fingerprint density at radius 2 is 0.527 bits per heavy atom. The number of furan rings is 3. The molecule has 11 nitrogen and oxygen atoms in total. The fourth-order valence-electron chi connectivity index (χ4n) is 25.0. The van der Waals surface area contributed by atoms with Gasteiger partial charge >= 0.3 is 0 Å². The molecule has 32 aromatic rings. The molecule has 11 heteroatoms. The summed E-state index contributed by atoms with van der Waals surface area (Å²) in [7, 11) is 0. The van der Waals surface area contributed by atoms with Gasteiger partial charge in [0.25, 0.3) is 0 Å². The lowest BCUT2D eigenvalue weighted by molar-refractivity contribution is 0.660. The van der Waals surface area contributed by atoms with Gasteiger partial charge in [-0.15, -0.1) is 0 Å². The van der Waals surface area contributed by atoms with E-state index in [4.69, 9.17) is 23.2 Å². The van der Waals surface area contributed by atoms with Crippen molar-refractivity contribution in [3.63, 3.8) is 0 Å². The first kappa shape index (κ1) is 83.0. The van der Waals surface area contributed by atoms with E-state index < -0.39 is 0 Å². The zero-order valence-electron chi connectivity index (χ0n) is 80.5. The number of rotatable bonds is 9. The zero-order chi connectivity index (χ0) is 97.2. The number of para-hydroxylation sites is 11. The first-order chi connectivity index (χ1) is 73.3. The van der Waals surface area contributed by atoms with E-state index >= 15 is 0 Å². The maximum absolute atomic E-state index is 6.67. The summed E-state index contributed by atoms with van der Waals surface area (Å²) < 4.78 is 34.6. The molecule has 692 valence electrons. The van der Waals surface area contributed by atoms with Crippen LogP contribution >= 0.6 is 0 Å². The Labute approximate surface area is 847 Å². The third kappa shape index (κ3) is 12.1. The lowest BCUT2D eigenvalue weighted by Crippen LogP contribution is -2.15. The summed E-state index contributed by atoms with van der Waals surface area (Å²) in [5.74, 6) is 0.706. The molecule has 1 aliphatic carbocycles. The van der Waals surface area contributed by atoms with Crippen LogP contribution in [-0.2, 0) is 5.41 Å². The van der Waals surface area contributed by atoms with Crippen LogP contribution in [0.5, 0.6) is 0 Å². The number of hydrogen-bond acceptors (Lipinski definition) is 5. The Morgan fingerprint density at radius 1 is 0.196 bits per heavy atom. The molecule has 0 N–H and O–H groups in total. The Bertz CT molecular complexity index is 11200. The summed E-state index contributed by atoms with van der Waals surface area (Å²) in [6.07, 6.45) is 0. The van der Waals surface area contributed by atoms with Crippen LogP contribution in [0, 0.1) is 0 Å². The molecule has 0 spiro atoms. The van der Waals surface area contributed by atoms with Gasteiger partial charge in [-0.05, 0) is 222 Å². The van der Waals surface area contributed by atoms with Gasteiger partial charge in [-0.2, -0.15) is 0 Å². The van der Waals surface area contributed by atoms with Crippen molar-refractivity contribution in [1.82, 2.24) is 37.4 Å². The van der Waals surface area contributed by atoms with Gasteiger partial charge in [0.15, 0.2) is 5.82 Å². The van der Waals surface area contributed by atoms with Crippen molar-refractivity contribution in [2.24, 2.45) is 0 Å². The molecule has 0 unspecified atom stereocenters. The third-order valence-electron chi connectivity index (χ3n) is 31.3. The van der Waals surface area contributed by atoms with Crippen LogP contribution in [0.2, 0.25) is 0 Å². The van der Waals surface area contributed by atoms with Crippen LogP contribution in [-0.4, -0.2) is 37.4 Å². The lowest BCUT2D eigenvalue weighted by atomic mass is 9.82. The lowest BCUT2D eigenvalue weighted by Gasteiger charge is -2.22. The molecule has 0 aliphatic heterocycles. The van der Waals surface area contributed by atoms with Crippen LogP contribution in [0.15, 0.2) is 499 Å². The molecule has 0 saturated heterocycles. The SMILES string of the molecule is CC1(C)c2ccccc2-c2ccc(-n3c4ccccc4c4c3ccc3c5c6oc7ccccc7c6ccc5n(-c5ccccc5)c34)cc21.c1ccc(-c2ccccc2-n2c3ccccc3c3c2ccc2c4c5oc6ccccc6c5ccc4n(-c4ccccc4)c23)cc1.c1ccc(-c2nc(-c3ccc(-n4c5ccccc5c5c4ccc4c6c7oc8ccccc8c7ccc6n(-c6ccccc6)c45)cc3)nc3ccccc23)cc1. The number of aromatic nitrogens is 8. The zero-order valence-corrected chi connectivity index (χ0v) is 80.5. The van der Waals surface area contributed by atoms with Crippen LogP contribution in [0.4, 0.5) is 0 Å². The van der Waals surface area contributed by atoms with E-state index in [1.165, 1.54) is 115 Å². The van der Waals surface area contributed by atoms with E-state index in [0.29, 0.717) is 5.82 Å². The summed E-state index contributed by atoms with van der Waals surface area (Å²) in [5, 5.41) is 22.2. The van der Waals surface area contributed by atoms with Crippen molar-refractivity contribution in [2.75, 3.05) is 0 Å². The molecule has 148 heavy (non-hydrogen) atoms. The topological polar surface area (TPSA) is 94.8 Å². The molecule has 0 bridgehead atoms. The highest BCUT2D eigenvalue weighted by Crippen LogP contribution is 2.54. The molecule has 33 rings (SSSR count). The molecule has 0 atom stereocenters. The Balaban J connectivity index is 0.000000101. The normalized spacial score (nSPS) is 12.6. The summed E-state index contributed by atoms with van der Waals surface area (Å²) in [6.45, 7) is 4.71. The minimum Gasteiger partial charge on any atom is -0.455 e. The van der Waals surface area contributed by atoms with Crippen LogP contribution in [0.3, 0.4) is 0 Å². The van der Waals surface area contributed by atoms with Crippen molar-refractivity contribution >= 4 is 208 Å². The van der Waals surface area contributed by atoms with Crippen LogP contribution < -0.4 is 0 Å². The van der Waals surface area contributed by atoms with E-state index in [2.05, 4.69) is 490 Å². The Kier molecular flexibility index (Phi) is 18.1. The molecule has 0 fully saturated rings. The van der Waals surface area contributed by atoms with E-state index in [0.717, 1.165) is 177 Å². The van der Waals surface area contributed by atoms with E-state index in [1.807, 2.05) is 36.4 Å². The summed E-state index contributed by atoms with van der Waals surface area (Å²) >= 11 is 0. The molecular formula is C137H86N8O3. The fourth-order valence-corrected chi connectivity index (χ4v) is 25.0. The second-order valence-electron chi connectivity index (χ2n) is 39.6. The first-order valence-electron chi connectivity index (χ1n) is 50.7. The van der Waals surface area contributed by atoms with Gasteiger partial charge in [0.2, 0.25) is 0 Å². The minimum absolute atomic E-state index is 0.0777. The van der Waals surface area contributed by atoms with E-state index in [-0.39, 0.29) is 5.41 Å². The van der Waals surface area contributed by atoms with E-state index in [9.17, 15) is 0 Å². The highest BCUT2D eigenvalue weighted by atomic mass is 16.3. The summed E-state index contributed by atoms with van der Waals surface area (Å²) in [4.78, 5) is 10.2. The molecule has 22 aromatic carbocycles. The fraction of sp³-hybridized carbons (Fsp3) is 0.0219. The van der Waals surface area contributed by atoms with Crippen molar-refractivity contribution in [1.29, 1.82) is 0 Å². The van der Waals surface area contributed by atoms with Gasteiger partial charge in [0.1, 0.15) is 33.5 Å². The van der Waals surface area contributed by atoms with Gasteiger partial charge in [-0.25, -0.2) is 9.97 Å². The van der Waals surface area contributed by atoms with Gasteiger partial charge in [0.05, 0.1) is 99.3 Å². The number of hydrogen-bond donors (Lipinski definition) is 0. The number of fused-ring (bicyclic) bond motifs is 37. The minimum atomic E-state index is -0.0777. The Hall–Kier alpha value is -19.6. The number of benzene rings is 22. The second-order valence-corrected chi connectivity index (χ2v) is 39.6. The van der Waals surface area contributed by atoms with Crippen molar-refractivity contribution in [3.8, 4) is 79.0 Å². The van der Waals surface area contributed by atoms with Crippen LogP contribution in [0.25, 0.3) is 287 Å². The molecule has 10 heterocycles. The largest absolute Gasteiger partial charge is 0.455 e. The molecule has 0 saturated carbocycles. The van der Waals surface area contributed by atoms with Gasteiger partial charge in [-0.1, -0.05) is 305 Å². The van der Waals surface area contributed by atoms with Crippen molar-refractivity contribution in [3.05, 3.63) is 496 Å². The second kappa shape index (κ2) is 32.2. The van der Waals surface area contributed by atoms with Gasteiger partial charge < -0.3 is 40.7 Å². The monoisotopic (exact) mass is 1890 g/mol. The average molecular weight is 1890 g/mol. The van der Waals surface area contributed by atoms with E-state index in [1.54, 1.807) is 0 Å². The summed E-state index contributed by atoms with van der Waals surface area (Å²) in [5.41, 5.74) is 38.0. The maximum atomic E-state index is 6.67. The predicted octanol–water partition coefficient (Wildman–Crippen LogP) is 36.6. The van der Waals surface area contributed by atoms with Crippen molar-refractivity contribution < 1.29 is 13.3 Å². The highest BCUT2D eigenvalue weighted by molar-refractivity contribution is 6.35. The average Bonchev–Trinajstić information content (AvgIpc) is 1.54. The smallest absolute Gasteiger partial charge is 0.160 e. The van der Waals surface area contributed by atoms with Crippen LogP contribution in [0.1, 0.15) is 25.0 Å². The van der Waals surface area contributed by atoms with Crippen molar-refractivity contribution in [2.45, 2.75) is 19.3 Å². The molecule has 0 radical (unpaired) electrons. The predicted molar refractivity (Wildman–Crippen MR) is 614 cm³/mol. The quantitative estimate of drug-likeness (QED) is 0.143. The third-order valence-corrected chi connectivity index (χ3v) is 31.3. The standard InChI is InChI=1S/C50H30N4O.C45H30N2O.C42H26N2O/c1-3-13-31(14-4-1)47-37-18-7-10-20-40(37)51-50(52-47)32-23-25-34(26-24-32)53-41-21-11-8-19-38(41)45-42(53)30-28-39-46-43(54(48(39)45)33-15-5-2-6-16-33)29-27-36-35-17-9-12-22-44(35)55-49(36)46;1-45(2)35-17-9-6-14-29(35)30-21-20-28(26-36(30)45)46-37-18-10-7-16-33(37)41-38(46)25-23-34-42-39(47(43(34)41)27-12-4-3-5-13-27)24-22-32-31-15-8-11-19-40(31)48-44(32)42;1-3-13-27(14-4-1)29-17-7-10-20-34(29)44-35-21-11-8-19-32(35)39-36(44)26-24-33-40-37(43(41(33)39)28-15-5-2-6-16-28)25-23-31-30-18-9-12-22-38(30)45-42(31)40/h1-30H;3-26H,1-2H3;1-26H. The number of nitrogens with zero attached hydrogens (tertiary/aromatic N) is 8. The molecular weight excluding hydrogens is 1810 g/mol. The van der Waals surface area contributed by atoms with Gasteiger partial charge in [0, 0.05) is 137 Å². The molecule has 0 amide bonds.